The smallest absolute Gasteiger partial charge is 0.272 e. The van der Waals surface area contributed by atoms with Crippen molar-refractivity contribution < 1.29 is 4.79 Å². The lowest BCUT2D eigenvalue weighted by atomic mass is 10.1. The predicted octanol–water partition coefficient (Wildman–Crippen LogP) is 2.59. The Morgan fingerprint density at radius 3 is 2.75 bits per heavy atom. The summed E-state index contributed by atoms with van der Waals surface area (Å²) in [5.41, 5.74) is 3.10. The Balaban J connectivity index is 1.58. The molecular formula is C21H25N5O2. The molecule has 1 unspecified atom stereocenters. The first-order chi connectivity index (χ1) is 13.4. The number of carbonyl (C=O) groups is 1. The van der Waals surface area contributed by atoms with Crippen LogP contribution in [0.2, 0.25) is 0 Å². The van der Waals surface area contributed by atoms with Gasteiger partial charge in [-0.15, -0.1) is 0 Å². The zero-order valence-corrected chi connectivity index (χ0v) is 16.5. The molecule has 7 heteroatoms. The van der Waals surface area contributed by atoms with Crippen molar-refractivity contribution in [1.29, 1.82) is 0 Å². The van der Waals surface area contributed by atoms with Crippen LogP contribution < -0.4 is 5.56 Å². The monoisotopic (exact) mass is 379 g/mol. The molecule has 1 aromatic carbocycles. The van der Waals surface area contributed by atoms with Crippen molar-refractivity contribution in [2.24, 2.45) is 0 Å². The number of hydrogen-bond acceptors (Lipinski definition) is 3. The van der Waals surface area contributed by atoms with Crippen LogP contribution in [0.25, 0.3) is 5.69 Å². The van der Waals surface area contributed by atoms with Crippen LogP contribution in [0.15, 0.2) is 41.5 Å². The third kappa shape index (κ3) is 3.28. The Hall–Kier alpha value is -3.09. The summed E-state index contributed by atoms with van der Waals surface area (Å²) in [6, 6.07) is 7.31. The van der Waals surface area contributed by atoms with Crippen molar-refractivity contribution >= 4 is 5.91 Å². The Labute approximate surface area is 163 Å². The van der Waals surface area contributed by atoms with E-state index in [1.165, 1.54) is 10.7 Å². The maximum absolute atomic E-state index is 13.1. The first-order valence-corrected chi connectivity index (χ1v) is 9.62. The van der Waals surface area contributed by atoms with Gasteiger partial charge in [0.25, 0.3) is 11.5 Å². The van der Waals surface area contributed by atoms with E-state index in [-0.39, 0.29) is 17.5 Å². The summed E-state index contributed by atoms with van der Waals surface area (Å²) < 4.78 is 3.50. The number of carbonyl (C=O) groups excluding carboxylic acids is 1. The summed E-state index contributed by atoms with van der Waals surface area (Å²) in [4.78, 5) is 31.7. The van der Waals surface area contributed by atoms with E-state index < -0.39 is 0 Å². The number of benzene rings is 1. The van der Waals surface area contributed by atoms with Crippen LogP contribution in [0.5, 0.6) is 0 Å². The molecule has 7 nitrogen and oxygen atoms in total. The van der Waals surface area contributed by atoms with Crippen LogP contribution in [-0.2, 0) is 6.54 Å². The standard InChI is InChI=1S/C21H25N5O2/c1-14-6-7-17(11-15(14)2)26-20(27)12-19(23-26)21(28)25-9-4-5-18(25)13-24-10-8-22-16(24)3/h6-8,10-12,18,23H,4-5,9,13H2,1-3H3. The highest BCUT2D eigenvalue weighted by Crippen LogP contribution is 2.21. The topological polar surface area (TPSA) is 75.9 Å². The second kappa shape index (κ2) is 7.14. The van der Waals surface area contributed by atoms with Gasteiger partial charge in [0.2, 0.25) is 0 Å². The lowest BCUT2D eigenvalue weighted by molar-refractivity contribution is 0.0717. The summed E-state index contributed by atoms with van der Waals surface area (Å²) in [6.07, 6.45) is 5.63. The number of nitrogens with one attached hydrogen (secondary N) is 1. The second-order valence-electron chi connectivity index (χ2n) is 7.53. The van der Waals surface area contributed by atoms with Crippen molar-refractivity contribution in [3.05, 3.63) is 69.7 Å². The van der Waals surface area contributed by atoms with Gasteiger partial charge in [0.1, 0.15) is 11.5 Å². The molecule has 1 aliphatic rings. The minimum absolute atomic E-state index is 0.105. The van der Waals surface area contributed by atoms with Gasteiger partial charge in [0, 0.05) is 31.5 Å². The summed E-state index contributed by atoms with van der Waals surface area (Å²) >= 11 is 0. The normalized spacial score (nSPS) is 16.7. The third-order valence-electron chi connectivity index (χ3n) is 5.67. The van der Waals surface area contributed by atoms with Crippen LogP contribution in [0, 0.1) is 20.8 Å². The van der Waals surface area contributed by atoms with E-state index in [4.69, 9.17) is 0 Å². The average Bonchev–Trinajstić information content (AvgIpc) is 3.38. The van der Waals surface area contributed by atoms with E-state index in [1.54, 1.807) is 6.20 Å². The zero-order valence-electron chi connectivity index (χ0n) is 16.5. The molecule has 146 valence electrons. The van der Waals surface area contributed by atoms with Crippen LogP contribution in [0.1, 0.15) is 40.3 Å². The molecular weight excluding hydrogens is 354 g/mol. The van der Waals surface area contributed by atoms with Crippen LogP contribution in [-0.4, -0.2) is 42.7 Å². The summed E-state index contributed by atoms with van der Waals surface area (Å²) in [6.45, 7) is 7.42. The fourth-order valence-electron chi connectivity index (χ4n) is 3.83. The van der Waals surface area contributed by atoms with Gasteiger partial charge in [-0.05, 0) is 56.9 Å². The number of nitrogens with zero attached hydrogens (tertiary/aromatic N) is 4. The SMILES string of the molecule is Cc1ccc(-n2[nH]c(C(=O)N3CCCC3Cn3ccnc3C)cc2=O)cc1C. The number of H-pyrrole nitrogens is 1. The molecule has 1 aliphatic heterocycles. The molecule has 0 saturated carbocycles. The predicted molar refractivity (Wildman–Crippen MR) is 107 cm³/mol. The first-order valence-electron chi connectivity index (χ1n) is 9.62. The number of hydrogen-bond donors (Lipinski definition) is 1. The lowest BCUT2D eigenvalue weighted by Gasteiger charge is -2.25. The molecule has 1 fully saturated rings. The van der Waals surface area contributed by atoms with Crippen molar-refractivity contribution in [2.75, 3.05) is 6.54 Å². The number of amides is 1. The molecule has 4 rings (SSSR count). The highest BCUT2D eigenvalue weighted by Gasteiger charge is 2.31. The first kappa shape index (κ1) is 18.3. The molecule has 0 spiro atoms. The number of aryl methyl sites for hydroxylation is 3. The number of aromatic amines is 1. The van der Waals surface area contributed by atoms with Crippen molar-refractivity contribution in [3.63, 3.8) is 0 Å². The molecule has 0 aliphatic carbocycles. The van der Waals surface area contributed by atoms with Gasteiger partial charge in [0.05, 0.1) is 11.7 Å². The molecule has 1 amide bonds. The molecule has 0 radical (unpaired) electrons. The molecule has 2 aromatic heterocycles. The van der Waals surface area contributed by atoms with Gasteiger partial charge >= 0.3 is 0 Å². The van der Waals surface area contributed by atoms with Gasteiger partial charge in [0.15, 0.2) is 0 Å². The number of aromatic nitrogens is 4. The second-order valence-corrected chi connectivity index (χ2v) is 7.53. The highest BCUT2D eigenvalue weighted by molar-refractivity contribution is 5.92. The Morgan fingerprint density at radius 1 is 1.21 bits per heavy atom. The maximum Gasteiger partial charge on any atom is 0.272 e. The summed E-state index contributed by atoms with van der Waals surface area (Å²) in [7, 11) is 0. The van der Waals surface area contributed by atoms with Crippen LogP contribution >= 0.6 is 0 Å². The summed E-state index contributed by atoms with van der Waals surface area (Å²) in [5.74, 6) is 0.813. The van der Waals surface area contributed by atoms with Gasteiger partial charge in [-0.1, -0.05) is 6.07 Å². The van der Waals surface area contributed by atoms with Gasteiger partial charge in [-0.2, -0.15) is 0 Å². The van der Waals surface area contributed by atoms with Crippen molar-refractivity contribution in [3.8, 4) is 5.69 Å². The quantitative estimate of drug-likeness (QED) is 0.757. The Bertz CT molecular complexity index is 1070. The molecule has 28 heavy (non-hydrogen) atoms. The molecule has 3 aromatic rings. The van der Waals surface area contributed by atoms with Crippen molar-refractivity contribution in [1.82, 2.24) is 24.2 Å². The molecule has 1 saturated heterocycles. The van der Waals surface area contributed by atoms with E-state index in [9.17, 15) is 9.59 Å². The van der Waals surface area contributed by atoms with Crippen molar-refractivity contribution in [2.45, 2.75) is 46.2 Å². The minimum atomic E-state index is -0.229. The van der Waals surface area contributed by atoms with Crippen LogP contribution in [0.4, 0.5) is 0 Å². The van der Waals surface area contributed by atoms with E-state index in [2.05, 4.69) is 14.6 Å². The van der Waals surface area contributed by atoms with Gasteiger partial charge in [-0.25, -0.2) is 9.67 Å². The van der Waals surface area contributed by atoms with Gasteiger partial charge in [-0.3, -0.25) is 14.7 Å². The fourth-order valence-corrected chi connectivity index (χ4v) is 3.83. The van der Waals surface area contributed by atoms with E-state index in [0.717, 1.165) is 42.0 Å². The maximum atomic E-state index is 13.1. The third-order valence-corrected chi connectivity index (χ3v) is 5.67. The molecule has 3 heterocycles. The largest absolute Gasteiger partial charge is 0.333 e. The zero-order chi connectivity index (χ0) is 19.8. The average molecular weight is 379 g/mol. The van der Waals surface area contributed by atoms with E-state index >= 15 is 0 Å². The van der Waals surface area contributed by atoms with Gasteiger partial charge < -0.3 is 9.47 Å². The van der Waals surface area contributed by atoms with Crippen LogP contribution in [0.3, 0.4) is 0 Å². The lowest BCUT2D eigenvalue weighted by Crippen LogP contribution is -2.38. The fraction of sp³-hybridized carbons (Fsp3) is 0.381. The number of rotatable bonds is 4. The number of likely N-dealkylation sites (tertiary alicyclic amines) is 1. The minimum Gasteiger partial charge on any atom is -0.333 e. The highest BCUT2D eigenvalue weighted by atomic mass is 16.2. The number of imidazole rings is 1. The Kier molecular flexibility index (Phi) is 4.66. The molecule has 0 bridgehead atoms. The molecule has 1 N–H and O–H groups in total. The van der Waals surface area contributed by atoms with E-state index in [1.807, 2.05) is 50.1 Å². The van der Waals surface area contributed by atoms with E-state index in [0.29, 0.717) is 12.2 Å². The molecule has 1 atom stereocenters. The summed E-state index contributed by atoms with van der Waals surface area (Å²) in [5, 5.41) is 3.01. The Morgan fingerprint density at radius 2 is 2.04 bits per heavy atom.